The van der Waals surface area contributed by atoms with Crippen LogP contribution >= 0.6 is 11.8 Å². The molecular formula is C12H13N3O2S. The number of nitrogens with one attached hydrogen (secondary N) is 1. The number of carboxylic acid groups (broad SMARTS) is 1. The van der Waals surface area contributed by atoms with Crippen LogP contribution in [0.25, 0.3) is 0 Å². The van der Waals surface area contributed by atoms with Gasteiger partial charge in [0.15, 0.2) is 11.4 Å². The van der Waals surface area contributed by atoms with Gasteiger partial charge in [0, 0.05) is 0 Å². The molecule has 0 heterocycles. The number of hydrogen-bond acceptors (Lipinski definition) is 4. The Morgan fingerprint density at radius 1 is 1.50 bits per heavy atom. The molecular weight excluding hydrogens is 250 g/mol. The van der Waals surface area contributed by atoms with Crippen molar-refractivity contribution in [2.45, 2.75) is 13.8 Å². The smallest absolute Gasteiger partial charge is 0.337 e. The van der Waals surface area contributed by atoms with E-state index in [1.54, 1.807) is 25.4 Å². The minimum Gasteiger partial charge on any atom is -0.478 e. The summed E-state index contributed by atoms with van der Waals surface area (Å²) in [4.78, 5) is 15.4. The number of thioether (sulfide) groups is 1. The monoisotopic (exact) mass is 263 g/mol. The summed E-state index contributed by atoms with van der Waals surface area (Å²) in [5.74, 6) is -1.03. The van der Waals surface area contributed by atoms with Gasteiger partial charge in [0.2, 0.25) is 0 Å². The molecule has 5 nitrogen and oxygen atoms in total. The van der Waals surface area contributed by atoms with Crippen LogP contribution in [0.2, 0.25) is 0 Å². The van der Waals surface area contributed by atoms with E-state index in [4.69, 9.17) is 10.4 Å². The van der Waals surface area contributed by atoms with Crippen molar-refractivity contribution in [1.29, 1.82) is 5.26 Å². The summed E-state index contributed by atoms with van der Waals surface area (Å²) < 4.78 is 0. The lowest BCUT2D eigenvalue weighted by atomic mass is 10.0. The Morgan fingerprint density at radius 2 is 2.17 bits per heavy atom. The van der Waals surface area contributed by atoms with Gasteiger partial charge in [-0.15, -0.1) is 0 Å². The maximum Gasteiger partial charge on any atom is 0.337 e. The number of nitrogens with zero attached hydrogens (tertiary/aromatic N) is 2. The first-order chi connectivity index (χ1) is 8.49. The largest absolute Gasteiger partial charge is 0.478 e. The van der Waals surface area contributed by atoms with Crippen molar-refractivity contribution in [3.8, 4) is 6.19 Å². The molecule has 0 spiro atoms. The number of hydrogen-bond donors (Lipinski definition) is 2. The quantitative estimate of drug-likeness (QED) is 0.370. The number of aliphatic imine (C=N–C) groups is 1. The standard InChI is InChI=1S/C12H13N3O2S/c1-7-4-8(2)10(9(5-7)11(16)17)15-12(18-3)14-6-13/h4-5H,1-3H3,(H,14,15)(H,16,17). The van der Waals surface area contributed by atoms with E-state index < -0.39 is 5.97 Å². The highest BCUT2D eigenvalue weighted by molar-refractivity contribution is 8.13. The molecule has 6 heteroatoms. The van der Waals surface area contributed by atoms with Gasteiger partial charge in [0.05, 0.1) is 11.3 Å². The van der Waals surface area contributed by atoms with E-state index in [1.807, 2.05) is 13.0 Å². The van der Waals surface area contributed by atoms with Crippen LogP contribution in [0, 0.1) is 25.3 Å². The number of aryl methyl sites for hydroxylation is 2. The van der Waals surface area contributed by atoms with Crippen LogP contribution < -0.4 is 5.32 Å². The van der Waals surface area contributed by atoms with E-state index >= 15 is 0 Å². The predicted octanol–water partition coefficient (Wildman–Crippen LogP) is 2.42. The minimum atomic E-state index is -1.03. The van der Waals surface area contributed by atoms with Crippen LogP contribution in [-0.4, -0.2) is 22.5 Å². The van der Waals surface area contributed by atoms with E-state index in [0.717, 1.165) is 11.1 Å². The topological polar surface area (TPSA) is 85.5 Å². The summed E-state index contributed by atoms with van der Waals surface area (Å²) in [6.45, 7) is 3.62. The van der Waals surface area contributed by atoms with Crippen molar-refractivity contribution in [3.05, 3.63) is 28.8 Å². The van der Waals surface area contributed by atoms with Gasteiger partial charge in [0.25, 0.3) is 0 Å². The van der Waals surface area contributed by atoms with E-state index in [1.165, 1.54) is 11.8 Å². The van der Waals surface area contributed by atoms with Crippen LogP contribution in [0.5, 0.6) is 0 Å². The van der Waals surface area contributed by atoms with Crippen LogP contribution in [0.3, 0.4) is 0 Å². The molecule has 0 bridgehead atoms. The number of aromatic carboxylic acids is 1. The highest BCUT2D eigenvalue weighted by atomic mass is 32.2. The van der Waals surface area contributed by atoms with E-state index in [9.17, 15) is 4.79 Å². The Morgan fingerprint density at radius 3 is 2.67 bits per heavy atom. The summed E-state index contributed by atoms with van der Waals surface area (Å²) in [5, 5.41) is 20.5. The van der Waals surface area contributed by atoms with E-state index in [2.05, 4.69) is 10.3 Å². The third-order valence-corrected chi connectivity index (χ3v) is 2.82. The van der Waals surface area contributed by atoms with Crippen LogP contribution in [-0.2, 0) is 0 Å². The fourth-order valence-electron chi connectivity index (χ4n) is 1.55. The van der Waals surface area contributed by atoms with Gasteiger partial charge in [-0.2, -0.15) is 5.26 Å². The molecule has 0 atom stereocenters. The number of rotatable bonds is 2. The first-order valence-corrected chi connectivity index (χ1v) is 6.34. The molecule has 0 aliphatic heterocycles. The lowest BCUT2D eigenvalue weighted by Gasteiger charge is -2.08. The Labute approximate surface area is 110 Å². The fraction of sp³-hybridized carbons (Fsp3) is 0.250. The highest BCUT2D eigenvalue weighted by Crippen LogP contribution is 2.26. The summed E-state index contributed by atoms with van der Waals surface area (Å²) in [5.41, 5.74) is 2.14. The zero-order chi connectivity index (χ0) is 13.7. The Kier molecular flexibility index (Phi) is 4.75. The molecule has 0 saturated heterocycles. The predicted molar refractivity (Wildman–Crippen MR) is 72.2 cm³/mol. The average molecular weight is 263 g/mol. The summed E-state index contributed by atoms with van der Waals surface area (Å²) in [6.07, 6.45) is 3.53. The number of nitriles is 1. The maximum absolute atomic E-state index is 11.2. The number of benzene rings is 1. The molecule has 2 N–H and O–H groups in total. The fourth-order valence-corrected chi connectivity index (χ4v) is 1.88. The molecule has 0 aromatic heterocycles. The molecule has 1 rings (SSSR count). The Hall–Kier alpha value is -2.00. The van der Waals surface area contributed by atoms with Crippen molar-refractivity contribution in [2.24, 2.45) is 4.99 Å². The lowest BCUT2D eigenvalue weighted by molar-refractivity contribution is 0.0697. The van der Waals surface area contributed by atoms with Gasteiger partial charge < -0.3 is 5.11 Å². The lowest BCUT2D eigenvalue weighted by Crippen LogP contribution is -2.13. The minimum absolute atomic E-state index is 0.138. The molecule has 0 aliphatic carbocycles. The van der Waals surface area contributed by atoms with Gasteiger partial charge >= 0.3 is 5.97 Å². The number of carbonyl (C=O) groups is 1. The van der Waals surface area contributed by atoms with Gasteiger partial charge in [-0.25, -0.2) is 9.79 Å². The third-order valence-electron chi connectivity index (χ3n) is 2.24. The summed E-state index contributed by atoms with van der Waals surface area (Å²) >= 11 is 1.25. The average Bonchev–Trinajstić information content (AvgIpc) is 2.30. The molecule has 0 aliphatic rings. The molecule has 1 aromatic carbocycles. The van der Waals surface area contributed by atoms with Crippen LogP contribution in [0.4, 0.5) is 5.69 Å². The van der Waals surface area contributed by atoms with E-state index in [0.29, 0.717) is 10.9 Å². The van der Waals surface area contributed by atoms with Crippen molar-refractivity contribution >= 4 is 28.6 Å². The first kappa shape index (κ1) is 14.1. The normalized spacial score (nSPS) is 10.9. The molecule has 0 saturated carbocycles. The van der Waals surface area contributed by atoms with Crippen molar-refractivity contribution in [3.63, 3.8) is 0 Å². The van der Waals surface area contributed by atoms with Gasteiger partial charge in [-0.3, -0.25) is 5.32 Å². The highest BCUT2D eigenvalue weighted by Gasteiger charge is 2.13. The molecule has 0 radical (unpaired) electrons. The second kappa shape index (κ2) is 6.07. The third kappa shape index (κ3) is 3.25. The van der Waals surface area contributed by atoms with Gasteiger partial charge in [-0.05, 0) is 37.3 Å². The van der Waals surface area contributed by atoms with Gasteiger partial charge in [-0.1, -0.05) is 17.8 Å². The zero-order valence-electron chi connectivity index (χ0n) is 10.3. The van der Waals surface area contributed by atoms with Gasteiger partial charge in [0.1, 0.15) is 0 Å². The van der Waals surface area contributed by atoms with Crippen molar-refractivity contribution in [2.75, 3.05) is 6.26 Å². The van der Waals surface area contributed by atoms with Crippen LogP contribution in [0.1, 0.15) is 21.5 Å². The summed E-state index contributed by atoms with van der Waals surface area (Å²) in [6, 6.07) is 3.42. The molecule has 94 valence electrons. The number of amidine groups is 1. The van der Waals surface area contributed by atoms with Crippen LogP contribution in [0.15, 0.2) is 17.1 Å². The number of carboxylic acids is 1. The zero-order valence-corrected chi connectivity index (χ0v) is 11.1. The molecule has 0 unspecified atom stereocenters. The molecule has 18 heavy (non-hydrogen) atoms. The Bertz CT molecular complexity index is 547. The SMILES string of the molecule is CSC(=Nc1c(C)cc(C)cc1C(=O)O)NC#N. The Balaban J connectivity index is 3.39. The molecule has 0 fully saturated rings. The maximum atomic E-state index is 11.2. The van der Waals surface area contributed by atoms with Crippen molar-refractivity contribution in [1.82, 2.24) is 5.32 Å². The second-order valence-corrected chi connectivity index (χ2v) is 4.44. The second-order valence-electron chi connectivity index (χ2n) is 3.64. The first-order valence-electron chi connectivity index (χ1n) is 5.12. The van der Waals surface area contributed by atoms with Crippen molar-refractivity contribution < 1.29 is 9.90 Å². The molecule has 0 amide bonds. The van der Waals surface area contributed by atoms with E-state index in [-0.39, 0.29) is 5.56 Å². The molecule has 1 aromatic rings. The summed E-state index contributed by atoms with van der Waals surface area (Å²) in [7, 11) is 0.